The number of hydrogen-bond acceptors (Lipinski definition) is 1. The van der Waals surface area contributed by atoms with Crippen LogP contribution in [-0.2, 0) is 0 Å². The molecule has 0 heterocycles. The lowest BCUT2D eigenvalue weighted by Crippen LogP contribution is -2.30. The van der Waals surface area contributed by atoms with E-state index in [0.717, 1.165) is 0 Å². The minimum atomic E-state index is -4.72. The van der Waals surface area contributed by atoms with E-state index >= 15 is 0 Å². The van der Waals surface area contributed by atoms with Crippen LogP contribution in [0.3, 0.4) is 0 Å². The summed E-state index contributed by atoms with van der Waals surface area (Å²) in [6.07, 6.45) is 2.61. The number of rotatable bonds is 2. The zero-order chi connectivity index (χ0) is 9.19. The van der Waals surface area contributed by atoms with Gasteiger partial charge in [-0.15, -0.1) is 11.5 Å². The first-order valence-corrected chi connectivity index (χ1v) is 4.10. The first-order valence-electron chi connectivity index (χ1n) is 4.10. The SMILES string of the molecule is CNC1CC=C([B-](F)(F)F)CC1. The van der Waals surface area contributed by atoms with Gasteiger partial charge < -0.3 is 18.3 Å². The van der Waals surface area contributed by atoms with Crippen molar-refractivity contribution in [2.24, 2.45) is 0 Å². The van der Waals surface area contributed by atoms with Gasteiger partial charge in [0, 0.05) is 6.04 Å². The van der Waals surface area contributed by atoms with Gasteiger partial charge in [-0.1, -0.05) is 6.42 Å². The topological polar surface area (TPSA) is 12.0 Å². The number of hydrogen-bond donors (Lipinski definition) is 1. The first-order chi connectivity index (χ1) is 5.54. The number of halogens is 3. The summed E-state index contributed by atoms with van der Waals surface area (Å²) >= 11 is 0. The van der Waals surface area contributed by atoms with Gasteiger partial charge in [-0.25, -0.2) is 0 Å². The zero-order valence-electron chi connectivity index (χ0n) is 6.99. The Balaban J connectivity index is 2.56. The molecule has 0 amide bonds. The van der Waals surface area contributed by atoms with Crippen LogP contribution in [0.2, 0.25) is 0 Å². The summed E-state index contributed by atoms with van der Waals surface area (Å²) in [7, 11) is 1.78. The molecule has 1 aliphatic rings. The minimum Gasteiger partial charge on any atom is -0.445 e. The van der Waals surface area contributed by atoms with Crippen LogP contribution < -0.4 is 5.32 Å². The Morgan fingerprint density at radius 1 is 1.50 bits per heavy atom. The van der Waals surface area contributed by atoms with Gasteiger partial charge in [0.2, 0.25) is 0 Å². The molecule has 5 heteroatoms. The van der Waals surface area contributed by atoms with E-state index in [1.165, 1.54) is 6.08 Å². The van der Waals surface area contributed by atoms with Crippen molar-refractivity contribution in [1.29, 1.82) is 0 Å². The highest BCUT2D eigenvalue weighted by atomic mass is 19.4. The molecular formula is C7H12BF3N-. The molecule has 0 saturated heterocycles. The lowest BCUT2D eigenvalue weighted by molar-refractivity contribution is 0.460. The Kier molecular flexibility index (Phi) is 2.83. The molecule has 12 heavy (non-hydrogen) atoms. The van der Waals surface area contributed by atoms with E-state index in [2.05, 4.69) is 5.32 Å². The van der Waals surface area contributed by atoms with Crippen molar-refractivity contribution < 1.29 is 12.9 Å². The predicted octanol–water partition coefficient (Wildman–Crippen LogP) is 2.07. The Bertz CT molecular complexity index is 188. The zero-order valence-corrected chi connectivity index (χ0v) is 6.99. The Labute approximate surface area is 70.1 Å². The number of allylic oxidation sites excluding steroid dienone is 1. The van der Waals surface area contributed by atoms with Crippen molar-refractivity contribution in [2.75, 3.05) is 7.05 Å². The van der Waals surface area contributed by atoms with Crippen molar-refractivity contribution in [3.05, 3.63) is 11.5 Å². The van der Waals surface area contributed by atoms with Crippen LogP contribution in [0.25, 0.3) is 0 Å². The summed E-state index contributed by atoms with van der Waals surface area (Å²) in [6.45, 7) is -4.72. The van der Waals surface area contributed by atoms with Gasteiger partial charge in [0.05, 0.1) is 0 Å². The molecule has 0 radical (unpaired) electrons. The monoisotopic (exact) mass is 178 g/mol. The molecule has 1 atom stereocenters. The largest absolute Gasteiger partial charge is 0.505 e. The second kappa shape index (κ2) is 3.52. The molecular weight excluding hydrogens is 166 g/mol. The molecule has 1 rings (SSSR count). The Morgan fingerprint density at radius 3 is 2.50 bits per heavy atom. The van der Waals surface area contributed by atoms with Crippen LogP contribution in [0.1, 0.15) is 19.3 Å². The van der Waals surface area contributed by atoms with E-state index in [9.17, 15) is 12.9 Å². The lowest BCUT2D eigenvalue weighted by Gasteiger charge is -2.27. The molecule has 0 aromatic heterocycles. The quantitative estimate of drug-likeness (QED) is 0.638. The second-order valence-electron chi connectivity index (χ2n) is 3.11. The van der Waals surface area contributed by atoms with Gasteiger partial charge in [0.25, 0.3) is 0 Å². The molecule has 0 bridgehead atoms. The third-order valence-corrected chi connectivity index (χ3v) is 2.27. The fourth-order valence-electron chi connectivity index (χ4n) is 1.41. The van der Waals surface area contributed by atoms with Crippen LogP contribution in [0.4, 0.5) is 12.9 Å². The first kappa shape index (κ1) is 9.64. The maximum atomic E-state index is 12.1. The van der Waals surface area contributed by atoms with E-state index < -0.39 is 6.98 Å². The molecule has 1 N–H and O–H groups in total. The highest BCUT2D eigenvalue weighted by molar-refractivity contribution is 6.66. The number of nitrogens with one attached hydrogen (secondary N) is 1. The normalized spacial score (nSPS) is 25.3. The smallest absolute Gasteiger partial charge is 0.445 e. The standard InChI is InChI=1S/C7H12BF3N/c1-12-7-4-2-6(3-5-7)8(9,10)11/h2,7,12H,3-5H2,1H3/q-1. The molecule has 0 fully saturated rings. The van der Waals surface area contributed by atoms with E-state index in [1.54, 1.807) is 7.05 Å². The predicted molar refractivity (Wildman–Crippen MR) is 43.9 cm³/mol. The molecule has 0 saturated carbocycles. The fourth-order valence-corrected chi connectivity index (χ4v) is 1.41. The van der Waals surface area contributed by atoms with E-state index in [1.807, 2.05) is 0 Å². The summed E-state index contributed by atoms with van der Waals surface area (Å²) in [4.78, 5) is 0. The van der Waals surface area contributed by atoms with Gasteiger partial charge in [-0.3, -0.25) is 0 Å². The van der Waals surface area contributed by atoms with Crippen molar-refractivity contribution in [1.82, 2.24) is 5.32 Å². The van der Waals surface area contributed by atoms with Crippen LogP contribution in [-0.4, -0.2) is 20.1 Å². The summed E-state index contributed by atoms with van der Waals surface area (Å²) < 4.78 is 36.4. The van der Waals surface area contributed by atoms with Crippen molar-refractivity contribution >= 4 is 6.98 Å². The molecule has 0 spiro atoms. The summed E-state index contributed by atoms with van der Waals surface area (Å²) in [5, 5.41) is 2.97. The summed E-state index contributed by atoms with van der Waals surface area (Å²) in [5.41, 5.74) is -0.304. The third-order valence-electron chi connectivity index (χ3n) is 2.27. The average Bonchev–Trinajstić information content (AvgIpc) is 2.03. The van der Waals surface area contributed by atoms with E-state index in [-0.39, 0.29) is 17.9 Å². The highest BCUT2D eigenvalue weighted by Gasteiger charge is 2.29. The molecule has 0 aliphatic heterocycles. The van der Waals surface area contributed by atoms with E-state index in [0.29, 0.717) is 12.8 Å². The lowest BCUT2D eigenvalue weighted by atomic mass is 9.72. The van der Waals surface area contributed by atoms with Gasteiger partial charge >= 0.3 is 6.98 Å². The van der Waals surface area contributed by atoms with Crippen LogP contribution in [0.5, 0.6) is 0 Å². The van der Waals surface area contributed by atoms with E-state index in [4.69, 9.17) is 0 Å². The van der Waals surface area contributed by atoms with Crippen molar-refractivity contribution in [3.63, 3.8) is 0 Å². The third kappa shape index (κ3) is 2.27. The molecule has 0 aromatic rings. The highest BCUT2D eigenvalue weighted by Crippen LogP contribution is 2.28. The summed E-state index contributed by atoms with van der Waals surface area (Å²) in [6, 6.07) is 0.229. The summed E-state index contributed by atoms with van der Waals surface area (Å²) in [5.74, 6) is 0. The Morgan fingerprint density at radius 2 is 2.17 bits per heavy atom. The minimum absolute atomic E-state index is 0.176. The molecule has 70 valence electrons. The fraction of sp³-hybridized carbons (Fsp3) is 0.714. The maximum absolute atomic E-state index is 12.1. The van der Waals surface area contributed by atoms with Crippen LogP contribution >= 0.6 is 0 Å². The van der Waals surface area contributed by atoms with Crippen LogP contribution in [0, 0.1) is 0 Å². The molecule has 1 unspecified atom stereocenters. The van der Waals surface area contributed by atoms with Crippen molar-refractivity contribution in [3.8, 4) is 0 Å². The van der Waals surface area contributed by atoms with Gasteiger partial charge in [0.15, 0.2) is 0 Å². The van der Waals surface area contributed by atoms with Gasteiger partial charge in [-0.05, 0) is 19.9 Å². The second-order valence-corrected chi connectivity index (χ2v) is 3.11. The average molecular weight is 178 g/mol. The maximum Gasteiger partial charge on any atom is 0.505 e. The Hall–Kier alpha value is -0.445. The van der Waals surface area contributed by atoms with Crippen molar-refractivity contribution in [2.45, 2.75) is 25.3 Å². The van der Waals surface area contributed by atoms with Crippen LogP contribution in [0.15, 0.2) is 11.5 Å². The molecule has 0 aromatic carbocycles. The van der Waals surface area contributed by atoms with Gasteiger partial charge in [-0.2, -0.15) is 0 Å². The molecule has 1 nitrogen and oxygen atoms in total. The van der Waals surface area contributed by atoms with Gasteiger partial charge in [0.1, 0.15) is 0 Å². The molecule has 1 aliphatic carbocycles.